The van der Waals surface area contributed by atoms with Crippen molar-refractivity contribution >= 4 is 30.0 Å². The molecule has 15 heavy (non-hydrogen) atoms. The molecule has 4 nitrogen and oxygen atoms in total. The van der Waals surface area contributed by atoms with Crippen LogP contribution in [0.5, 0.6) is 5.75 Å². The highest BCUT2D eigenvalue weighted by atomic mass is 35.5. The standard InChI is InChI=1S/C9H6ClNO3.ClH/c10-7-1-2-8(6(3-7)4-11)14-5-9(12)13;/h1-3H,5H2,(H,12,13);1H. The zero-order valence-corrected chi connectivity index (χ0v) is 9.01. The molecular weight excluding hydrogens is 241 g/mol. The van der Waals surface area contributed by atoms with Gasteiger partial charge in [-0.1, -0.05) is 11.6 Å². The van der Waals surface area contributed by atoms with Crippen molar-refractivity contribution in [3.63, 3.8) is 0 Å². The molecule has 0 atom stereocenters. The largest absolute Gasteiger partial charge is 0.481 e. The Morgan fingerprint density at radius 1 is 1.60 bits per heavy atom. The molecule has 0 radical (unpaired) electrons. The predicted octanol–water partition coefficient (Wildman–Crippen LogP) is 2.10. The second kappa shape index (κ2) is 6.12. The summed E-state index contributed by atoms with van der Waals surface area (Å²) < 4.78 is 4.86. The maximum atomic E-state index is 10.2. The fourth-order valence-electron chi connectivity index (χ4n) is 0.855. The lowest BCUT2D eigenvalue weighted by Gasteiger charge is -2.04. The first-order chi connectivity index (χ1) is 6.63. The number of carboxylic acid groups (broad SMARTS) is 1. The molecule has 80 valence electrons. The second-order valence-electron chi connectivity index (χ2n) is 2.43. The van der Waals surface area contributed by atoms with Crippen LogP contribution in [0.3, 0.4) is 0 Å². The summed E-state index contributed by atoms with van der Waals surface area (Å²) in [4.78, 5) is 10.2. The third kappa shape index (κ3) is 4.07. The van der Waals surface area contributed by atoms with E-state index in [4.69, 9.17) is 26.7 Å². The Kier molecular flexibility index (Phi) is 5.53. The number of nitriles is 1. The molecule has 0 spiro atoms. The lowest BCUT2D eigenvalue weighted by Crippen LogP contribution is -2.10. The molecule has 1 aromatic rings. The first kappa shape index (κ1) is 13.6. The third-order valence-corrected chi connectivity index (χ3v) is 1.65. The van der Waals surface area contributed by atoms with E-state index in [0.29, 0.717) is 5.02 Å². The summed E-state index contributed by atoms with van der Waals surface area (Å²) in [7, 11) is 0. The number of carbonyl (C=O) groups is 1. The molecule has 1 rings (SSSR count). The Bertz CT molecular complexity index is 401. The first-order valence-electron chi connectivity index (χ1n) is 3.67. The highest BCUT2D eigenvalue weighted by Gasteiger charge is 2.05. The smallest absolute Gasteiger partial charge is 0.341 e. The number of rotatable bonds is 3. The number of nitrogens with zero attached hydrogens (tertiary/aromatic N) is 1. The van der Waals surface area contributed by atoms with E-state index >= 15 is 0 Å². The highest BCUT2D eigenvalue weighted by Crippen LogP contribution is 2.21. The molecule has 0 bridgehead atoms. The van der Waals surface area contributed by atoms with Gasteiger partial charge in [-0.25, -0.2) is 4.79 Å². The van der Waals surface area contributed by atoms with Crippen molar-refractivity contribution in [2.24, 2.45) is 0 Å². The van der Waals surface area contributed by atoms with Gasteiger partial charge in [0.1, 0.15) is 11.8 Å². The second-order valence-corrected chi connectivity index (χ2v) is 2.87. The monoisotopic (exact) mass is 247 g/mol. The summed E-state index contributed by atoms with van der Waals surface area (Å²) in [6.07, 6.45) is 0. The van der Waals surface area contributed by atoms with Crippen LogP contribution in [0.2, 0.25) is 5.02 Å². The zero-order valence-electron chi connectivity index (χ0n) is 7.44. The SMILES string of the molecule is Cl.N#Cc1cc(Cl)ccc1OCC(=O)O. The van der Waals surface area contributed by atoms with Gasteiger partial charge in [-0.2, -0.15) is 5.26 Å². The maximum absolute atomic E-state index is 10.2. The van der Waals surface area contributed by atoms with Gasteiger partial charge in [-0.15, -0.1) is 12.4 Å². The van der Waals surface area contributed by atoms with E-state index in [9.17, 15) is 4.79 Å². The Hall–Kier alpha value is -1.44. The van der Waals surface area contributed by atoms with Crippen LogP contribution in [0.4, 0.5) is 0 Å². The summed E-state index contributed by atoms with van der Waals surface area (Å²) in [6.45, 7) is -0.476. The van der Waals surface area contributed by atoms with Gasteiger partial charge in [0, 0.05) is 5.02 Å². The van der Waals surface area contributed by atoms with Gasteiger partial charge < -0.3 is 9.84 Å². The highest BCUT2D eigenvalue weighted by molar-refractivity contribution is 6.30. The van der Waals surface area contributed by atoms with Crippen LogP contribution in [-0.2, 0) is 4.79 Å². The van der Waals surface area contributed by atoms with Crippen LogP contribution in [-0.4, -0.2) is 17.7 Å². The predicted molar refractivity (Wildman–Crippen MR) is 56.5 cm³/mol. The van der Waals surface area contributed by atoms with Crippen molar-refractivity contribution in [3.8, 4) is 11.8 Å². The fraction of sp³-hybridized carbons (Fsp3) is 0.111. The fourth-order valence-corrected chi connectivity index (χ4v) is 1.03. The van der Waals surface area contributed by atoms with Gasteiger partial charge in [0.25, 0.3) is 0 Å². The minimum Gasteiger partial charge on any atom is -0.481 e. The topological polar surface area (TPSA) is 70.3 Å². The number of ether oxygens (including phenoxy) is 1. The van der Waals surface area contributed by atoms with Crippen molar-refractivity contribution in [3.05, 3.63) is 28.8 Å². The van der Waals surface area contributed by atoms with Crippen molar-refractivity contribution < 1.29 is 14.6 Å². The average molecular weight is 248 g/mol. The molecule has 0 aliphatic carbocycles. The molecule has 0 aromatic heterocycles. The lowest BCUT2D eigenvalue weighted by atomic mass is 10.2. The summed E-state index contributed by atoms with van der Waals surface area (Å²) in [5.41, 5.74) is 0.221. The van der Waals surface area contributed by atoms with Crippen LogP contribution in [0.25, 0.3) is 0 Å². The van der Waals surface area contributed by atoms with Crippen LogP contribution in [0, 0.1) is 11.3 Å². The number of carboxylic acids is 1. The minimum absolute atomic E-state index is 0. The van der Waals surface area contributed by atoms with Gasteiger partial charge in [0.2, 0.25) is 0 Å². The summed E-state index contributed by atoms with van der Waals surface area (Å²) in [5.74, 6) is -0.872. The molecular formula is C9H7Cl2NO3. The quantitative estimate of drug-likeness (QED) is 0.888. The third-order valence-electron chi connectivity index (χ3n) is 1.41. The van der Waals surface area contributed by atoms with E-state index < -0.39 is 12.6 Å². The van der Waals surface area contributed by atoms with Crippen LogP contribution < -0.4 is 4.74 Å². The van der Waals surface area contributed by atoms with E-state index in [2.05, 4.69) is 0 Å². The van der Waals surface area contributed by atoms with Gasteiger partial charge in [0.05, 0.1) is 5.56 Å². The average Bonchev–Trinajstić information content (AvgIpc) is 2.15. The van der Waals surface area contributed by atoms with Crippen molar-refractivity contribution in [2.45, 2.75) is 0 Å². The van der Waals surface area contributed by atoms with E-state index in [-0.39, 0.29) is 23.7 Å². The minimum atomic E-state index is -1.09. The molecule has 6 heteroatoms. The Balaban J connectivity index is 0.00000196. The molecule has 0 heterocycles. The summed E-state index contributed by atoms with van der Waals surface area (Å²) >= 11 is 5.64. The Morgan fingerprint density at radius 3 is 2.80 bits per heavy atom. The van der Waals surface area contributed by atoms with Gasteiger partial charge in [0.15, 0.2) is 6.61 Å². The number of hydrogen-bond acceptors (Lipinski definition) is 3. The van der Waals surface area contributed by atoms with Crippen LogP contribution in [0.1, 0.15) is 5.56 Å². The Labute approximate surface area is 97.4 Å². The molecule has 0 unspecified atom stereocenters. The summed E-state index contributed by atoms with van der Waals surface area (Å²) in [6, 6.07) is 6.26. The number of benzene rings is 1. The lowest BCUT2D eigenvalue weighted by molar-refractivity contribution is -0.139. The molecule has 1 aromatic carbocycles. The molecule has 0 aliphatic rings. The normalized spacial score (nSPS) is 8.53. The van der Waals surface area contributed by atoms with Crippen LogP contribution in [0.15, 0.2) is 18.2 Å². The molecule has 0 fully saturated rings. The molecule has 0 saturated heterocycles. The van der Waals surface area contributed by atoms with E-state index in [1.807, 2.05) is 6.07 Å². The number of hydrogen-bond donors (Lipinski definition) is 1. The van der Waals surface area contributed by atoms with Crippen LogP contribution >= 0.6 is 24.0 Å². The summed E-state index contributed by atoms with van der Waals surface area (Å²) in [5, 5.41) is 17.4. The molecule has 0 saturated carbocycles. The maximum Gasteiger partial charge on any atom is 0.341 e. The van der Waals surface area contributed by atoms with Crippen molar-refractivity contribution in [1.29, 1.82) is 5.26 Å². The zero-order chi connectivity index (χ0) is 10.6. The molecule has 0 amide bonds. The molecule has 1 N–H and O–H groups in total. The van der Waals surface area contributed by atoms with E-state index in [1.54, 1.807) is 0 Å². The van der Waals surface area contributed by atoms with Gasteiger partial charge >= 0.3 is 5.97 Å². The van der Waals surface area contributed by atoms with E-state index in [0.717, 1.165) is 0 Å². The Morgan fingerprint density at radius 2 is 2.27 bits per heavy atom. The van der Waals surface area contributed by atoms with Crippen molar-refractivity contribution in [2.75, 3.05) is 6.61 Å². The van der Waals surface area contributed by atoms with Gasteiger partial charge in [-0.3, -0.25) is 0 Å². The van der Waals surface area contributed by atoms with Gasteiger partial charge in [-0.05, 0) is 18.2 Å². The molecule has 0 aliphatic heterocycles. The van der Waals surface area contributed by atoms with Crippen molar-refractivity contribution in [1.82, 2.24) is 0 Å². The van der Waals surface area contributed by atoms with E-state index in [1.165, 1.54) is 18.2 Å². The number of aliphatic carboxylic acids is 1. The number of halogens is 2. The first-order valence-corrected chi connectivity index (χ1v) is 4.05.